The van der Waals surface area contributed by atoms with Crippen molar-refractivity contribution >= 4 is 23.5 Å². The van der Waals surface area contributed by atoms with Gasteiger partial charge in [0.2, 0.25) is 5.91 Å². The first kappa shape index (κ1) is 16.4. The number of allylic oxidation sites excluding steroid dienone is 1. The average Bonchev–Trinajstić information content (AvgIpc) is 2.43. The van der Waals surface area contributed by atoms with Crippen molar-refractivity contribution in [2.45, 2.75) is 25.8 Å². The van der Waals surface area contributed by atoms with Gasteiger partial charge in [-0.1, -0.05) is 6.08 Å². The van der Waals surface area contributed by atoms with Crippen molar-refractivity contribution in [3.8, 4) is 0 Å². The van der Waals surface area contributed by atoms with Gasteiger partial charge in [0.25, 0.3) is 5.91 Å². The third-order valence-corrected chi connectivity index (χ3v) is 2.73. The second-order valence-corrected chi connectivity index (χ2v) is 4.49. The molecule has 0 bridgehead atoms. The second-order valence-electron chi connectivity index (χ2n) is 4.49. The van der Waals surface area contributed by atoms with Gasteiger partial charge in [-0.3, -0.25) is 9.59 Å². The van der Waals surface area contributed by atoms with Crippen LogP contribution in [0.5, 0.6) is 0 Å². The molecule has 0 fully saturated rings. The number of carbonyl (C=O) groups excluding carboxylic acids is 2. The lowest BCUT2D eigenvalue weighted by atomic mass is 10.1. The Morgan fingerprint density at radius 3 is 2.38 bits per heavy atom. The maximum Gasteiger partial charge on any atom is 0.326 e. The number of amides is 2. The molecule has 0 aromatic heterocycles. The van der Waals surface area contributed by atoms with E-state index in [0.29, 0.717) is 17.7 Å². The number of carboxylic acids is 1. The molecule has 6 nitrogen and oxygen atoms in total. The molecule has 0 radical (unpaired) electrons. The molecule has 1 aromatic carbocycles. The number of carboxylic acid groups (broad SMARTS) is 1. The highest BCUT2D eigenvalue weighted by Crippen LogP contribution is 2.10. The van der Waals surface area contributed by atoms with E-state index >= 15 is 0 Å². The number of hydrogen-bond donors (Lipinski definition) is 3. The van der Waals surface area contributed by atoms with E-state index < -0.39 is 17.9 Å². The van der Waals surface area contributed by atoms with Crippen LogP contribution in [0, 0.1) is 0 Å². The van der Waals surface area contributed by atoms with Crippen molar-refractivity contribution in [2.24, 2.45) is 0 Å². The quantitative estimate of drug-likeness (QED) is 0.667. The summed E-state index contributed by atoms with van der Waals surface area (Å²) in [5.41, 5.74) is 0.898. The van der Waals surface area contributed by atoms with Crippen LogP contribution < -0.4 is 10.6 Å². The third-order valence-electron chi connectivity index (χ3n) is 2.73. The zero-order valence-corrected chi connectivity index (χ0v) is 11.8. The largest absolute Gasteiger partial charge is 0.480 e. The van der Waals surface area contributed by atoms with Crippen LogP contribution in [0.3, 0.4) is 0 Å². The van der Waals surface area contributed by atoms with Gasteiger partial charge in [0.15, 0.2) is 0 Å². The van der Waals surface area contributed by atoms with Gasteiger partial charge < -0.3 is 15.7 Å². The Bertz CT molecular complexity index is 537. The van der Waals surface area contributed by atoms with Crippen molar-refractivity contribution in [3.05, 3.63) is 42.5 Å². The summed E-state index contributed by atoms with van der Waals surface area (Å²) >= 11 is 0. The Morgan fingerprint density at radius 1 is 1.29 bits per heavy atom. The van der Waals surface area contributed by atoms with Gasteiger partial charge in [-0.05, 0) is 37.1 Å². The van der Waals surface area contributed by atoms with Crippen molar-refractivity contribution < 1.29 is 19.5 Å². The first-order valence-corrected chi connectivity index (χ1v) is 6.46. The molecule has 1 atom stereocenters. The number of carbonyl (C=O) groups is 3. The highest BCUT2D eigenvalue weighted by molar-refractivity contribution is 5.97. The van der Waals surface area contributed by atoms with Crippen LogP contribution in [0.25, 0.3) is 0 Å². The molecule has 6 heteroatoms. The predicted octanol–water partition coefficient (Wildman–Crippen LogP) is 1.79. The van der Waals surface area contributed by atoms with E-state index in [1.54, 1.807) is 18.2 Å². The van der Waals surface area contributed by atoms with Crippen LogP contribution in [-0.2, 0) is 9.59 Å². The molecule has 21 heavy (non-hydrogen) atoms. The Hall–Kier alpha value is -2.63. The fourth-order valence-electron chi connectivity index (χ4n) is 1.69. The first-order valence-electron chi connectivity index (χ1n) is 6.46. The minimum atomic E-state index is -1.08. The summed E-state index contributed by atoms with van der Waals surface area (Å²) in [7, 11) is 0. The van der Waals surface area contributed by atoms with Crippen LogP contribution in [0.15, 0.2) is 36.9 Å². The fourth-order valence-corrected chi connectivity index (χ4v) is 1.69. The lowest BCUT2D eigenvalue weighted by Crippen LogP contribution is -2.40. The molecule has 0 aliphatic rings. The van der Waals surface area contributed by atoms with Crippen LogP contribution in [0.4, 0.5) is 5.69 Å². The maximum atomic E-state index is 12.0. The molecule has 1 aromatic rings. The van der Waals surface area contributed by atoms with Gasteiger partial charge in [0.1, 0.15) is 6.04 Å². The van der Waals surface area contributed by atoms with Gasteiger partial charge in [-0.25, -0.2) is 4.79 Å². The molecule has 112 valence electrons. The smallest absolute Gasteiger partial charge is 0.326 e. The van der Waals surface area contributed by atoms with E-state index in [9.17, 15) is 14.4 Å². The van der Waals surface area contributed by atoms with Gasteiger partial charge in [0, 0.05) is 18.2 Å². The van der Waals surface area contributed by atoms with E-state index in [1.807, 2.05) is 0 Å². The zero-order valence-electron chi connectivity index (χ0n) is 11.8. The van der Waals surface area contributed by atoms with Crippen molar-refractivity contribution in [1.82, 2.24) is 5.32 Å². The van der Waals surface area contributed by atoms with Crippen LogP contribution in [0.2, 0.25) is 0 Å². The Morgan fingerprint density at radius 2 is 1.90 bits per heavy atom. The summed E-state index contributed by atoms with van der Waals surface area (Å²) in [6.45, 7) is 4.91. The zero-order chi connectivity index (χ0) is 15.8. The minimum absolute atomic E-state index is 0.206. The molecule has 3 N–H and O–H groups in total. The number of nitrogens with one attached hydrogen (secondary N) is 2. The van der Waals surface area contributed by atoms with Crippen LogP contribution in [0.1, 0.15) is 30.1 Å². The number of hydrogen-bond acceptors (Lipinski definition) is 3. The summed E-state index contributed by atoms with van der Waals surface area (Å²) in [5.74, 6) is -1.76. The lowest BCUT2D eigenvalue weighted by molar-refractivity contribution is -0.139. The highest BCUT2D eigenvalue weighted by Gasteiger charge is 2.19. The number of aliphatic carboxylic acids is 1. The van der Waals surface area contributed by atoms with Crippen molar-refractivity contribution in [3.63, 3.8) is 0 Å². The van der Waals surface area contributed by atoms with E-state index in [-0.39, 0.29) is 12.3 Å². The minimum Gasteiger partial charge on any atom is -0.480 e. The molecule has 0 aliphatic carbocycles. The molecule has 0 saturated heterocycles. The summed E-state index contributed by atoms with van der Waals surface area (Å²) in [6, 6.07) is 5.25. The summed E-state index contributed by atoms with van der Waals surface area (Å²) in [6.07, 6.45) is 2.39. The summed E-state index contributed by atoms with van der Waals surface area (Å²) in [5, 5.41) is 14.1. The lowest BCUT2D eigenvalue weighted by Gasteiger charge is -2.13. The first-order chi connectivity index (χ1) is 9.93. The standard InChI is InChI=1S/C15H18N2O4/c1-3-4-5-13(15(20)21)17-14(19)11-6-8-12(9-7-11)16-10(2)18/h3,6-9,13H,1,4-5H2,2H3,(H,16,18)(H,17,19)(H,20,21)/t13-/m1/s1. The highest BCUT2D eigenvalue weighted by atomic mass is 16.4. The molecular weight excluding hydrogens is 272 g/mol. The topological polar surface area (TPSA) is 95.5 Å². The van der Waals surface area contributed by atoms with Gasteiger partial charge >= 0.3 is 5.97 Å². The number of rotatable bonds is 7. The fraction of sp³-hybridized carbons (Fsp3) is 0.267. The molecule has 2 amide bonds. The van der Waals surface area contributed by atoms with Gasteiger partial charge in [0.05, 0.1) is 0 Å². The molecule has 0 heterocycles. The average molecular weight is 290 g/mol. The number of benzene rings is 1. The monoisotopic (exact) mass is 290 g/mol. The molecule has 0 saturated carbocycles. The second kappa shape index (κ2) is 7.84. The van der Waals surface area contributed by atoms with E-state index in [2.05, 4.69) is 17.2 Å². The summed E-state index contributed by atoms with van der Waals surface area (Å²) in [4.78, 5) is 33.9. The van der Waals surface area contributed by atoms with E-state index in [4.69, 9.17) is 5.11 Å². The van der Waals surface area contributed by atoms with E-state index in [1.165, 1.54) is 19.1 Å². The Labute approximate surface area is 122 Å². The van der Waals surface area contributed by atoms with Crippen LogP contribution >= 0.6 is 0 Å². The third kappa shape index (κ3) is 5.48. The van der Waals surface area contributed by atoms with Crippen molar-refractivity contribution in [2.75, 3.05) is 5.32 Å². The normalized spacial score (nSPS) is 11.3. The van der Waals surface area contributed by atoms with E-state index in [0.717, 1.165) is 0 Å². The molecule has 1 rings (SSSR count). The SMILES string of the molecule is C=CCC[C@@H](NC(=O)c1ccc(NC(C)=O)cc1)C(=O)O. The Kier molecular flexibility index (Phi) is 6.13. The maximum absolute atomic E-state index is 12.0. The van der Waals surface area contributed by atoms with Gasteiger partial charge in [-0.15, -0.1) is 6.58 Å². The van der Waals surface area contributed by atoms with Gasteiger partial charge in [-0.2, -0.15) is 0 Å². The van der Waals surface area contributed by atoms with Crippen LogP contribution in [-0.4, -0.2) is 28.9 Å². The Balaban J connectivity index is 2.71. The predicted molar refractivity (Wildman–Crippen MR) is 79.1 cm³/mol. The molecule has 0 unspecified atom stereocenters. The van der Waals surface area contributed by atoms with Crippen molar-refractivity contribution in [1.29, 1.82) is 0 Å². The summed E-state index contributed by atoms with van der Waals surface area (Å²) < 4.78 is 0. The molecule has 0 aliphatic heterocycles. The number of anilines is 1. The molecule has 0 spiro atoms. The molecular formula is C15H18N2O4.